The van der Waals surface area contributed by atoms with Crippen molar-refractivity contribution in [2.45, 2.75) is 38.8 Å². The monoisotopic (exact) mass is 198 g/mol. The lowest BCUT2D eigenvalue weighted by Crippen LogP contribution is -2.67. The molecule has 0 aromatic rings. The van der Waals surface area contributed by atoms with Gasteiger partial charge in [-0.2, -0.15) is 0 Å². The van der Waals surface area contributed by atoms with Gasteiger partial charge in [-0.05, 0) is 25.3 Å². The van der Waals surface area contributed by atoms with Crippen LogP contribution in [0.1, 0.15) is 27.2 Å². The van der Waals surface area contributed by atoms with E-state index in [2.05, 4.69) is 24.1 Å². The molecule has 2 saturated heterocycles. The van der Waals surface area contributed by atoms with E-state index in [0.717, 1.165) is 32.6 Å². The lowest BCUT2D eigenvalue weighted by Gasteiger charge is -2.54. The molecule has 2 rings (SSSR count). The van der Waals surface area contributed by atoms with Crippen LogP contribution in [0.3, 0.4) is 0 Å². The van der Waals surface area contributed by atoms with Crippen molar-refractivity contribution >= 4 is 0 Å². The van der Waals surface area contributed by atoms with Gasteiger partial charge in [-0.1, -0.05) is 13.8 Å². The van der Waals surface area contributed by atoms with Crippen LogP contribution in [0.15, 0.2) is 0 Å². The minimum Gasteiger partial charge on any atom is -0.388 e. The van der Waals surface area contributed by atoms with Crippen molar-refractivity contribution in [1.29, 1.82) is 0 Å². The molecule has 0 radical (unpaired) electrons. The molecule has 2 fully saturated rings. The summed E-state index contributed by atoms with van der Waals surface area (Å²) in [5.74, 6) is 0. The number of nitrogens with zero attached hydrogens (tertiary/aromatic N) is 1. The normalized spacial score (nSPS) is 43.3. The summed E-state index contributed by atoms with van der Waals surface area (Å²) in [6, 6.07) is 0.310. The van der Waals surface area contributed by atoms with Crippen LogP contribution in [0.2, 0.25) is 0 Å². The number of rotatable bonds is 1. The van der Waals surface area contributed by atoms with E-state index in [1.165, 1.54) is 0 Å². The second-order valence-electron chi connectivity index (χ2n) is 5.90. The molecule has 14 heavy (non-hydrogen) atoms. The molecule has 2 heterocycles. The number of aliphatic hydroxyl groups is 1. The first-order valence-electron chi connectivity index (χ1n) is 5.58. The molecular formula is C11H22N2O. The molecule has 0 bridgehead atoms. The van der Waals surface area contributed by atoms with Gasteiger partial charge in [0.2, 0.25) is 0 Å². The van der Waals surface area contributed by atoms with E-state index in [9.17, 15) is 5.11 Å². The zero-order valence-electron chi connectivity index (χ0n) is 9.51. The summed E-state index contributed by atoms with van der Waals surface area (Å²) < 4.78 is 0. The van der Waals surface area contributed by atoms with Gasteiger partial charge in [0.05, 0.1) is 11.6 Å². The average molecular weight is 198 g/mol. The minimum atomic E-state index is -0.498. The number of piperidine rings is 1. The number of likely N-dealkylation sites (tertiary alicyclic amines) is 1. The summed E-state index contributed by atoms with van der Waals surface area (Å²) in [6.45, 7) is 10.7. The summed E-state index contributed by atoms with van der Waals surface area (Å²) in [7, 11) is 0. The SMILES string of the molecule is CC1(C)CN(C2CNCCC2(C)O)C1. The Balaban J connectivity index is 1.97. The van der Waals surface area contributed by atoms with Crippen LogP contribution in [-0.2, 0) is 0 Å². The second kappa shape index (κ2) is 3.19. The third-order valence-corrected chi connectivity index (χ3v) is 3.57. The van der Waals surface area contributed by atoms with Crippen LogP contribution in [0.25, 0.3) is 0 Å². The van der Waals surface area contributed by atoms with Crippen LogP contribution in [-0.4, -0.2) is 47.8 Å². The van der Waals surface area contributed by atoms with Gasteiger partial charge in [-0.3, -0.25) is 4.90 Å². The van der Waals surface area contributed by atoms with E-state index < -0.39 is 5.60 Å². The molecule has 0 saturated carbocycles. The van der Waals surface area contributed by atoms with Crippen molar-refractivity contribution in [3.63, 3.8) is 0 Å². The Hall–Kier alpha value is -0.120. The van der Waals surface area contributed by atoms with Gasteiger partial charge in [-0.25, -0.2) is 0 Å². The predicted octanol–water partition coefficient (Wildman–Crippen LogP) is 0.441. The van der Waals surface area contributed by atoms with Crippen molar-refractivity contribution < 1.29 is 5.11 Å². The molecule has 2 atom stereocenters. The fourth-order valence-electron chi connectivity index (χ4n) is 2.76. The number of nitrogens with one attached hydrogen (secondary N) is 1. The average Bonchev–Trinajstić information content (AvgIpc) is 1.99. The Labute approximate surface area is 86.5 Å². The highest BCUT2D eigenvalue weighted by atomic mass is 16.3. The smallest absolute Gasteiger partial charge is 0.0798 e. The quantitative estimate of drug-likeness (QED) is 0.642. The molecule has 2 aliphatic rings. The maximum atomic E-state index is 10.3. The van der Waals surface area contributed by atoms with Crippen LogP contribution in [0, 0.1) is 5.41 Å². The molecule has 0 amide bonds. The van der Waals surface area contributed by atoms with E-state index in [1.807, 2.05) is 6.92 Å². The molecule has 2 aliphatic heterocycles. The van der Waals surface area contributed by atoms with Crippen molar-refractivity contribution in [2.75, 3.05) is 26.2 Å². The van der Waals surface area contributed by atoms with E-state index in [0.29, 0.717) is 11.5 Å². The van der Waals surface area contributed by atoms with Crippen molar-refractivity contribution in [2.24, 2.45) is 5.41 Å². The van der Waals surface area contributed by atoms with Gasteiger partial charge >= 0.3 is 0 Å². The minimum absolute atomic E-state index is 0.310. The molecule has 0 aromatic heterocycles. The van der Waals surface area contributed by atoms with Crippen LogP contribution >= 0.6 is 0 Å². The summed E-state index contributed by atoms with van der Waals surface area (Å²) in [5, 5.41) is 13.6. The molecule has 2 unspecified atom stereocenters. The number of hydrogen-bond donors (Lipinski definition) is 2. The summed E-state index contributed by atoms with van der Waals surface area (Å²) in [4.78, 5) is 2.41. The molecule has 82 valence electrons. The summed E-state index contributed by atoms with van der Waals surface area (Å²) in [6.07, 6.45) is 0.870. The molecule has 3 nitrogen and oxygen atoms in total. The Morgan fingerprint density at radius 2 is 1.93 bits per heavy atom. The molecule has 2 N–H and O–H groups in total. The Morgan fingerprint density at radius 3 is 2.43 bits per heavy atom. The van der Waals surface area contributed by atoms with Crippen LogP contribution < -0.4 is 5.32 Å². The number of hydrogen-bond acceptors (Lipinski definition) is 3. The van der Waals surface area contributed by atoms with Gasteiger partial charge < -0.3 is 10.4 Å². The molecule has 3 heteroatoms. The predicted molar refractivity (Wildman–Crippen MR) is 57.3 cm³/mol. The molecular weight excluding hydrogens is 176 g/mol. The van der Waals surface area contributed by atoms with E-state index >= 15 is 0 Å². The first-order chi connectivity index (χ1) is 6.41. The zero-order valence-corrected chi connectivity index (χ0v) is 9.51. The van der Waals surface area contributed by atoms with E-state index in [-0.39, 0.29) is 0 Å². The fraction of sp³-hybridized carbons (Fsp3) is 1.00. The lowest BCUT2D eigenvalue weighted by molar-refractivity contribution is -0.108. The van der Waals surface area contributed by atoms with Crippen LogP contribution in [0.4, 0.5) is 0 Å². The molecule has 0 aromatic carbocycles. The van der Waals surface area contributed by atoms with E-state index in [1.54, 1.807) is 0 Å². The topological polar surface area (TPSA) is 35.5 Å². The van der Waals surface area contributed by atoms with Crippen molar-refractivity contribution in [3.05, 3.63) is 0 Å². The van der Waals surface area contributed by atoms with Crippen molar-refractivity contribution in [1.82, 2.24) is 10.2 Å². The molecule has 0 spiro atoms. The maximum Gasteiger partial charge on any atom is 0.0798 e. The second-order valence-corrected chi connectivity index (χ2v) is 5.90. The summed E-state index contributed by atoms with van der Waals surface area (Å²) in [5.41, 5.74) is -0.0464. The highest BCUT2D eigenvalue weighted by Gasteiger charge is 2.45. The Morgan fingerprint density at radius 1 is 1.29 bits per heavy atom. The van der Waals surface area contributed by atoms with Gasteiger partial charge in [0.1, 0.15) is 0 Å². The Kier molecular flexibility index (Phi) is 2.37. The molecule has 0 aliphatic carbocycles. The summed E-state index contributed by atoms with van der Waals surface area (Å²) >= 11 is 0. The van der Waals surface area contributed by atoms with Gasteiger partial charge in [0.25, 0.3) is 0 Å². The largest absolute Gasteiger partial charge is 0.388 e. The third-order valence-electron chi connectivity index (χ3n) is 3.57. The fourth-order valence-corrected chi connectivity index (χ4v) is 2.76. The van der Waals surface area contributed by atoms with Gasteiger partial charge in [0, 0.05) is 19.6 Å². The van der Waals surface area contributed by atoms with Gasteiger partial charge in [-0.15, -0.1) is 0 Å². The lowest BCUT2D eigenvalue weighted by atomic mass is 9.78. The highest BCUT2D eigenvalue weighted by Crippen LogP contribution is 2.34. The van der Waals surface area contributed by atoms with Crippen molar-refractivity contribution in [3.8, 4) is 0 Å². The van der Waals surface area contributed by atoms with E-state index in [4.69, 9.17) is 0 Å². The zero-order chi connectivity index (χ0) is 10.4. The third kappa shape index (κ3) is 1.81. The standard InChI is InChI=1S/C11H22N2O/c1-10(2)7-13(8-10)9-6-12-5-4-11(9,3)14/h9,12,14H,4-8H2,1-3H3. The highest BCUT2D eigenvalue weighted by molar-refractivity contribution is 5.01. The maximum absolute atomic E-state index is 10.3. The first kappa shape index (κ1) is 10.4. The Bertz CT molecular complexity index is 217. The van der Waals surface area contributed by atoms with Crippen LogP contribution in [0.5, 0.6) is 0 Å². The first-order valence-corrected chi connectivity index (χ1v) is 5.58. The van der Waals surface area contributed by atoms with Gasteiger partial charge in [0.15, 0.2) is 0 Å².